The predicted octanol–water partition coefficient (Wildman–Crippen LogP) is 3.62. The van der Waals surface area contributed by atoms with E-state index < -0.39 is 0 Å². The number of ketones is 1. The van der Waals surface area contributed by atoms with Crippen LogP contribution in [0.25, 0.3) is 0 Å². The van der Waals surface area contributed by atoms with Gasteiger partial charge in [0.05, 0.1) is 18.2 Å². The van der Waals surface area contributed by atoms with Crippen molar-refractivity contribution in [3.8, 4) is 11.8 Å². The second-order valence-corrected chi connectivity index (χ2v) is 5.26. The monoisotopic (exact) mass is 263 g/mol. The summed E-state index contributed by atoms with van der Waals surface area (Å²) >= 11 is 5.86. The molecule has 1 aromatic carbocycles. The van der Waals surface area contributed by atoms with E-state index in [2.05, 4.69) is 6.07 Å². The molecule has 0 atom stereocenters. The highest BCUT2D eigenvalue weighted by atomic mass is 35.5. The number of carbonyl (C=O) groups excluding carboxylic acids is 1. The van der Waals surface area contributed by atoms with Crippen molar-refractivity contribution in [2.75, 3.05) is 6.61 Å². The summed E-state index contributed by atoms with van der Waals surface area (Å²) in [5.41, 5.74) is 0.498. The Morgan fingerprint density at radius 3 is 2.83 bits per heavy atom. The van der Waals surface area contributed by atoms with Gasteiger partial charge >= 0.3 is 0 Å². The van der Waals surface area contributed by atoms with Gasteiger partial charge in [0.25, 0.3) is 0 Å². The standard InChI is InChI=1S/C14H14ClNO2/c1-10(17)12-8-11(15)2-3-13(12)18-9-14(4-5-14)6-7-16/h2-3,8H,4-6,9H2,1H3. The maximum Gasteiger partial charge on any atom is 0.163 e. The largest absolute Gasteiger partial charge is 0.492 e. The number of ether oxygens (including phenoxy) is 1. The Bertz CT molecular complexity index is 515. The number of hydrogen-bond donors (Lipinski definition) is 0. The molecule has 4 heteroatoms. The number of Topliss-reactive ketones (excluding diaryl/α,β-unsaturated/α-hetero) is 1. The summed E-state index contributed by atoms with van der Waals surface area (Å²) in [5, 5.41) is 9.26. The Kier molecular flexibility index (Phi) is 3.58. The van der Waals surface area contributed by atoms with Crippen molar-refractivity contribution in [1.82, 2.24) is 0 Å². The van der Waals surface area contributed by atoms with E-state index in [1.165, 1.54) is 6.92 Å². The van der Waals surface area contributed by atoms with E-state index in [0.717, 1.165) is 12.8 Å². The van der Waals surface area contributed by atoms with Crippen molar-refractivity contribution >= 4 is 17.4 Å². The van der Waals surface area contributed by atoms with Crippen LogP contribution in [-0.2, 0) is 0 Å². The van der Waals surface area contributed by atoms with Gasteiger partial charge in [0, 0.05) is 16.9 Å². The first kappa shape index (κ1) is 12.9. The highest BCUT2D eigenvalue weighted by Crippen LogP contribution is 2.48. The fourth-order valence-corrected chi connectivity index (χ4v) is 2.02. The molecule has 0 N–H and O–H groups in total. The summed E-state index contributed by atoms with van der Waals surface area (Å²) < 4.78 is 5.70. The molecule has 0 bridgehead atoms. The van der Waals surface area contributed by atoms with Crippen molar-refractivity contribution in [1.29, 1.82) is 5.26 Å². The molecule has 0 radical (unpaired) electrons. The van der Waals surface area contributed by atoms with E-state index >= 15 is 0 Å². The maximum absolute atomic E-state index is 11.5. The molecule has 0 amide bonds. The highest BCUT2D eigenvalue weighted by Gasteiger charge is 2.43. The van der Waals surface area contributed by atoms with E-state index in [0.29, 0.717) is 29.4 Å². The summed E-state index contributed by atoms with van der Waals surface area (Å²) in [4.78, 5) is 11.5. The molecule has 1 aromatic rings. The molecule has 0 unspecified atom stereocenters. The Balaban J connectivity index is 2.10. The normalized spacial score (nSPS) is 15.8. The molecular formula is C14H14ClNO2. The number of halogens is 1. The molecule has 0 aromatic heterocycles. The predicted molar refractivity (Wildman–Crippen MR) is 68.8 cm³/mol. The number of hydrogen-bond acceptors (Lipinski definition) is 3. The van der Waals surface area contributed by atoms with Crippen molar-refractivity contribution in [2.45, 2.75) is 26.2 Å². The topological polar surface area (TPSA) is 50.1 Å². The fraction of sp³-hybridized carbons (Fsp3) is 0.429. The van der Waals surface area contributed by atoms with E-state index in [-0.39, 0.29) is 11.2 Å². The Morgan fingerprint density at radius 2 is 2.28 bits per heavy atom. The molecule has 1 fully saturated rings. The summed E-state index contributed by atoms with van der Waals surface area (Å²) in [5.74, 6) is 0.480. The summed E-state index contributed by atoms with van der Waals surface area (Å²) in [6, 6.07) is 7.21. The van der Waals surface area contributed by atoms with Gasteiger partial charge in [-0.05, 0) is 38.0 Å². The van der Waals surface area contributed by atoms with Crippen LogP contribution < -0.4 is 4.74 Å². The van der Waals surface area contributed by atoms with Gasteiger partial charge in [-0.3, -0.25) is 4.79 Å². The molecule has 1 aliphatic carbocycles. The Hall–Kier alpha value is -1.53. The minimum atomic E-state index is -0.0716. The zero-order valence-electron chi connectivity index (χ0n) is 10.2. The molecule has 18 heavy (non-hydrogen) atoms. The Labute approximate surface area is 111 Å². The van der Waals surface area contributed by atoms with E-state index in [4.69, 9.17) is 21.6 Å². The minimum Gasteiger partial charge on any atom is -0.492 e. The van der Waals surface area contributed by atoms with Gasteiger partial charge in [0.15, 0.2) is 5.78 Å². The maximum atomic E-state index is 11.5. The number of nitrogens with zero attached hydrogens (tertiary/aromatic N) is 1. The first-order chi connectivity index (χ1) is 8.56. The summed E-state index contributed by atoms with van der Waals surface area (Å²) in [7, 11) is 0. The van der Waals surface area contributed by atoms with Gasteiger partial charge < -0.3 is 4.74 Å². The Morgan fingerprint density at radius 1 is 1.56 bits per heavy atom. The molecule has 0 aliphatic heterocycles. The van der Waals surface area contributed by atoms with Crippen molar-refractivity contribution in [3.05, 3.63) is 28.8 Å². The van der Waals surface area contributed by atoms with Crippen LogP contribution in [-0.4, -0.2) is 12.4 Å². The third-order valence-corrected chi connectivity index (χ3v) is 3.50. The summed E-state index contributed by atoms with van der Waals surface area (Å²) in [6.45, 7) is 1.98. The number of nitriles is 1. The molecule has 2 rings (SSSR count). The zero-order valence-corrected chi connectivity index (χ0v) is 11.0. The lowest BCUT2D eigenvalue weighted by Gasteiger charge is -2.15. The second-order valence-electron chi connectivity index (χ2n) is 4.82. The molecule has 1 saturated carbocycles. The second kappa shape index (κ2) is 4.99. The lowest BCUT2D eigenvalue weighted by molar-refractivity contribution is 0.101. The van der Waals surface area contributed by atoms with Gasteiger partial charge in [-0.15, -0.1) is 0 Å². The fourth-order valence-electron chi connectivity index (χ4n) is 1.85. The average Bonchev–Trinajstić information content (AvgIpc) is 3.08. The molecule has 0 spiro atoms. The molecular weight excluding hydrogens is 250 g/mol. The lowest BCUT2D eigenvalue weighted by atomic mass is 10.1. The van der Waals surface area contributed by atoms with Crippen LogP contribution in [0.15, 0.2) is 18.2 Å². The lowest BCUT2D eigenvalue weighted by Crippen LogP contribution is -2.13. The van der Waals surface area contributed by atoms with Gasteiger partial charge in [-0.1, -0.05) is 11.6 Å². The number of rotatable bonds is 5. The van der Waals surface area contributed by atoms with Gasteiger partial charge in [0.1, 0.15) is 5.75 Å². The van der Waals surface area contributed by atoms with Crippen molar-refractivity contribution < 1.29 is 9.53 Å². The zero-order chi connectivity index (χ0) is 13.2. The highest BCUT2D eigenvalue weighted by molar-refractivity contribution is 6.31. The first-order valence-corrected chi connectivity index (χ1v) is 6.24. The quantitative estimate of drug-likeness (QED) is 0.763. The third kappa shape index (κ3) is 2.83. The number of benzene rings is 1. The SMILES string of the molecule is CC(=O)c1cc(Cl)ccc1OCC1(CC#N)CC1. The van der Waals surface area contributed by atoms with Crippen LogP contribution >= 0.6 is 11.6 Å². The number of carbonyl (C=O) groups is 1. The molecule has 0 saturated heterocycles. The molecule has 94 valence electrons. The summed E-state index contributed by atoms with van der Waals surface area (Å²) in [6.07, 6.45) is 2.54. The van der Waals surface area contributed by atoms with E-state index in [9.17, 15) is 4.79 Å². The molecule has 3 nitrogen and oxygen atoms in total. The first-order valence-electron chi connectivity index (χ1n) is 5.87. The van der Waals surface area contributed by atoms with Crippen LogP contribution in [0.1, 0.15) is 36.5 Å². The third-order valence-electron chi connectivity index (χ3n) is 3.27. The van der Waals surface area contributed by atoms with Crippen LogP contribution in [0.3, 0.4) is 0 Å². The van der Waals surface area contributed by atoms with Crippen molar-refractivity contribution in [2.24, 2.45) is 5.41 Å². The average molecular weight is 264 g/mol. The van der Waals surface area contributed by atoms with Crippen LogP contribution in [0.5, 0.6) is 5.75 Å². The smallest absolute Gasteiger partial charge is 0.163 e. The van der Waals surface area contributed by atoms with Crippen LogP contribution in [0, 0.1) is 16.7 Å². The van der Waals surface area contributed by atoms with Crippen molar-refractivity contribution in [3.63, 3.8) is 0 Å². The van der Waals surface area contributed by atoms with Gasteiger partial charge in [-0.25, -0.2) is 0 Å². The van der Waals surface area contributed by atoms with Gasteiger partial charge in [0.2, 0.25) is 0 Å². The van der Waals surface area contributed by atoms with E-state index in [1.807, 2.05) is 0 Å². The van der Waals surface area contributed by atoms with E-state index in [1.54, 1.807) is 18.2 Å². The minimum absolute atomic E-state index is 0.00243. The molecule has 1 aliphatic rings. The van der Waals surface area contributed by atoms with Crippen LogP contribution in [0.4, 0.5) is 0 Å². The molecule has 0 heterocycles. The van der Waals surface area contributed by atoms with Crippen LogP contribution in [0.2, 0.25) is 5.02 Å². The van der Waals surface area contributed by atoms with Gasteiger partial charge in [-0.2, -0.15) is 5.26 Å².